The average Bonchev–Trinajstić information content (AvgIpc) is 3.75. The number of phenolic OH excluding ortho intramolecular Hbond substituents is 1. The van der Waals surface area contributed by atoms with Crippen molar-refractivity contribution in [1.82, 2.24) is 25.2 Å². The third kappa shape index (κ3) is 4.95. The number of piperazine rings is 1. The molecule has 48 heavy (non-hydrogen) atoms. The highest BCUT2D eigenvalue weighted by Gasteiger charge is 2.48. The number of benzene rings is 2. The zero-order chi connectivity index (χ0) is 35.7. The molecule has 6 heterocycles. The number of nitrogens with zero attached hydrogens (tertiary/aromatic N) is 5. The van der Waals surface area contributed by atoms with Crippen LogP contribution in [0.5, 0.6) is 11.8 Å². The van der Waals surface area contributed by atoms with Crippen molar-refractivity contribution in [2.45, 2.75) is 49.2 Å². The third-order valence-corrected chi connectivity index (χ3v) is 10.5. The Morgan fingerprint density at radius 2 is 2.15 bits per heavy atom. The van der Waals surface area contributed by atoms with Crippen molar-refractivity contribution in [3.05, 3.63) is 59.6 Å². The zero-order valence-electron chi connectivity index (χ0n) is 29.0. The molecule has 3 atom stereocenters. The number of aromatic hydroxyl groups is 1. The van der Waals surface area contributed by atoms with E-state index in [-0.39, 0.29) is 64.1 Å². The van der Waals surface area contributed by atoms with Crippen molar-refractivity contribution in [3.8, 4) is 35.4 Å². The fraction of sp³-hybridized carbons (Fsp3) is 0.417. The lowest BCUT2D eigenvalue weighted by Crippen LogP contribution is -2.61. The van der Waals surface area contributed by atoms with Gasteiger partial charge in [-0.25, -0.2) is 13.2 Å². The van der Waals surface area contributed by atoms with Gasteiger partial charge in [0.2, 0.25) is 0 Å². The smallest absolute Gasteiger partial charge is 0.319 e. The number of methoxy groups -OCH3 is 1. The molecule has 2 aromatic carbocycles. The molecule has 4 saturated heterocycles. The normalized spacial score (nSPS) is 27.3. The first kappa shape index (κ1) is 27.5. The second-order valence-electron chi connectivity index (χ2n) is 13.5. The van der Waals surface area contributed by atoms with Gasteiger partial charge in [0.25, 0.3) is 0 Å². The minimum absolute atomic E-state index is 0.0171. The second-order valence-corrected chi connectivity index (χ2v) is 13.5. The summed E-state index contributed by atoms with van der Waals surface area (Å²) in [6, 6.07) is 5.21. The standard InChI is InChI=1S/C36H35F3N6O3/c1-3-25-28(38)6-5-22-11-24(46)12-26(29(22)25)31-30(39)32-27(15-40-31)33(44-17-23-7-9-35(18-44,43-23)19-47-2)42-34(41-32)48-20-36-8-4-10-45(36)16-21(13-36)14-37/h1,5-6,11-12,14-15,23,43,46H,4,7-10,13,16-20H2,2H3/b21-14-/t23?,35?,36-/m0/s1/i2D3. The average molecular weight is 660 g/mol. The lowest BCUT2D eigenvalue weighted by atomic mass is 9.94. The number of anilines is 1. The van der Waals surface area contributed by atoms with Gasteiger partial charge in [0.15, 0.2) is 5.82 Å². The van der Waals surface area contributed by atoms with E-state index in [0.29, 0.717) is 55.6 Å². The highest BCUT2D eigenvalue weighted by Crippen LogP contribution is 2.43. The number of rotatable bonds is 7. The number of terminal acetylenes is 1. The Kier molecular flexibility index (Phi) is 6.65. The lowest BCUT2D eigenvalue weighted by molar-refractivity contribution is 0.107. The Bertz CT molecular complexity index is 2150. The van der Waals surface area contributed by atoms with Crippen molar-refractivity contribution in [2.24, 2.45) is 0 Å². The first-order chi connectivity index (χ1) is 24.4. The molecule has 2 bridgehead atoms. The van der Waals surface area contributed by atoms with Gasteiger partial charge < -0.3 is 24.8 Å². The maximum Gasteiger partial charge on any atom is 0.319 e. The van der Waals surface area contributed by atoms with E-state index in [1.807, 2.05) is 4.90 Å². The van der Waals surface area contributed by atoms with E-state index in [4.69, 9.17) is 25.0 Å². The van der Waals surface area contributed by atoms with Gasteiger partial charge in [0.05, 0.1) is 39.1 Å². The van der Waals surface area contributed by atoms with Gasteiger partial charge in [-0.2, -0.15) is 9.97 Å². The summed E-state index contributed by atoms with van der Waals surface area (Å²) in [4.78, 5) is 18.0. The van der Waals surface area contributed by atoms with Gasteiger partial charge in [-0.3, -0.25) is 9.88 Å². The summed E-state index contributed by atoms with van der Waals surface area (Å²) >= 11 is 0. The lowest BCUT2D eigenvalue weighted by Gasteiger charge is -2.41. The third-order valence-electron chi connectivity index (χ3n) is 10.5. The maximum absolute atomic E-state index is 17.0. The topological polar surface area (TPSA) is 95.9 Å². The molecule has 0 aliphatic carbocycles. The van der Waals surface area contributed by atoms with Crippen molar-refractivity contribution < 1.29 is 31.9 Å². The summed E-state index contributed by atoms with van der Waals surface area (Å²) in [5.74, 6) is 0.957. The number of ether oxygens (including phenoxy) is 2. The van der Waals surface area contributed by atoms with Gasteiger partial charge in [0, 0.05) is 49.9 Å². The summed E-state index contributed by atoms with van der Waals surface area (Å²) < 4.78 is 79.9. The Hall–Kier alpha value is -4.44. The van der Waals surface area contributed by atoms with E-state index in [9.17, 15) is 13.9 Å². The van der Waals surface area contributed by atoms with Gasteiger partial charge in [0.1, 0.15) is 35.2 Å². The van der Waals surface area contributed by atoms with E-state index >= 15 is 4.39 Å². The molecule has 0 saturated carbocycles. The summed E-state index contributed by atoms with van der Waals surface area (Å²) in [5, 5.41) is 15.0. The van der Waals surface area contributed by atoms with E-state index in [1.54, 1.807) is 0 Å². The minimum atomic E-state index is -2.58. The molecule has 9 nitrogen and oxygen atoms in total. The number of halogens is 3. The number of aromatic nitrogens is 3. The molecular weight excluding hydrogens is 621 g/mol. The molecule has 8 rings (SSSR count). The SMILES string of the molecule is [2H]C([2H])([2H])OCC12CCC(CN(c3nc(OC[C@@]45CCCN4C/C(=C\F)C5)nc4c(F)c(-c5cc(O)cc6ccc(F)c(C#C)c56)ncc34)C1)N2. The molecule has 4 aliphatic rings. The quantitative estimate of drug-likeness (QED) is 0.259. The van der Waals surface area contributed by atoms with E-state index < -0.39 is 29.8 Å². The summed E-state index contributed by atoms with van der Waals surface area (Å²) in [6.45, 7) is 2.18. The van der Waals surface area contributed by atoms with Crippen LogP contribution in [0.15, 0.2) is 42.4 Å². The Labute approximate surface area is 280 Å². The molecule has 2 aromatic heterocycles. The molecule has 2 unspecified atom stereocenters. The molecule has 2 N–H and O–H groups in total. The molecule has 4 fully saturated rings. The summed E-state index contributed by atoms with van der Waals surface area (Å²) in [7, 11) is -2.58. The van der Waals surface area contributed by atoms with Crippen LogP contribution in [0.4, 0.5) is 19.0 Å². The number of pyridine rings is 1. The van der Waals surface area contributed by atoms with Crippen LogP contribution in [0.1, 0.15) is 41.8 Å². The van der Waals surface area contributed by atoms with Crippen LogP contribution in [-0.2, 0) is 4.74 Å². The molecular formula is C36H35F3N6O3. The van der Waals surface area contributed by atoms with Gasteiger partial charge >= 0.3 is 6.01 Å². The first-order valence-corrected chi connectivity index (χ1v) is 16.0. The largest absolute Gasteiger partial charge is 0.508 e. The Morgan fingerprint density at radius 1 is 1.25 bits per heavy atom. The van der Waals surface area contributed by atoms with Gasteiger partial charge in [-0.15, -0.1) is 6.42 Å². The van der Waals surface area contributed by atoms with E-state index in [2.05, 4.69) is 26.1 Å². The van der Waals surface area contributed by atoms with Crippen LogP contribution in [-0.4, -0.2) is 88.5 Å². The van der Waals surface area contributed by atoms with Crippen LogP contribution < -0.4 is 15.0 Å². The molecule has 248 valence electrons. The number of fused-ring (bicyclic) bond motifs is 5. The monoisotopic (exact) mass is 659 g/mol. The van der Waals surface area contributed by atoms with Crippen LogP contribution in [0.25, 0.3) is 32.9 Å². The molecule has 4 aromatic rings. The van der Waals surface area contributed by atoms with Crippen molar-refractivity contribution in [1.29, 1.82) is 0 Å². The molecule has 4 aliphatic heterocycles. The highest BCUT2D eigenvalue weighted by molar-refractivity contribution is 6.03. The molecule has 0 radical (unpaired) electrons. The predicted molar refractivity (Wildman–Crippen MR) is 176 cm³/mol. The fourth-order valence-electron chi connectivity index (χ4n) is 8.36. The Morgan fingerprint density at radius 3 is 2.98 bits per heavy atom. The van der Waals surface area contributed by atoms with Crippen molar-refractivity contribution in [2.75, 3.05) is 51.3 Å². The van der Waals surface area contributed by atoms with Gasteiger partial charge in [-0.05, 0) is 67.8 Å². The van der Waals surface area contributed by atoms with Crippen LogP contribution >= 0.6 is 0 Å². The molecule has 12 heteroatoms. The number of nitrogens with one attached hydrogen (secondary N) is 1. The Balaban J connectivity index is 1.25. The van der Waals surface area contributed by atoms with Crippen molar-refractivity contribution >= 4 is 27.5 Å². The fourth-order valence-corrected chi connectivity index (χ4v) is 8.36. The maximum atomic E-state index is 17.0. The number of phenols is 1. The predicted octanol–water partition coefficient (Wildman–Crippen LogP) is 5.24. The second kappa shape index (κ2) is 11.6. The van der Waals surface area contributed by atoms with Crippen molar-refractivity contribution in [3.63, 3.8) is 0 Å². The summed E-state index contributed by atoms with van der Waals surface area (Å²) in [6.07, 6.45) is 11.4. The highest BCUT2D eigenvalue weighted by atomic mass is 19.1. The van der Waals surface area contributed by atoms with E-state index in [1.165, 1.54) is 30.5 Å². The minimum Gasteiger partial charge on any atom is -0.508 e. The van der Waals surface area contributed by atoms with Crippen LogP contribution in [0.2, 0.25) is 0 Å². The number of hydrogen-bond donors (Lipinski definition) is 2. The zero-order valence-corrected chi connectivity index (χ0v) is 26.0. The van der Waals surface area contributed by atoms with Crippen LogP contribution in [0, 0.1) is 24.0 Å². The van der Waals surface area contributed by atoms with E-state index in [0.717, 1.165) is 25.8 Å². The van der Waals surface area contributed by atoms with Gasteiger partial charge in [-0.1, -0.05) is 12.0 Å². The number of hydrogen-bond acceptors (Lipinski definition) is 9. The van der Waals surface area contributed by atoms with Crippen LogP contribution in [0.3, 0.4) is 0 Å². The molecule has 0 amide bonds. The molecule has 0 spiro atoms. The summed E-state index contributed by atoms with van der Waals surface area (Å²) in [5.41, 5.74) is -0.807. The first-order valence-electron chi connectivity index (χ1n) is 17.5.